The summed E-state index contributed by atoms with van der Waals surface area (Å²) in [6.07, 6.45) is 3.71. The molecule has 0 heterocycles. The topological polar surface area (TPSA) is 61.8 Å². The second-order valence-electron chi connectivity index (χ2n) is 8.62. The monoisotopic (exact) mass is 464 g/mol. The van der Waals surface area contributed by atoms with Gasteiger partial charge >= 0.3 is 5.97 Å². The number of nitrogens with zero attached hydrogens (tertiary/aromatic N) is 1. The summed E-state index contributed by atoms with van der Waals surface area (Å²) in [5.74, 6) is -0.384. The molecule has 0 aromatic heterocycles. The highest BCUT2D eigenvalue weighted by atomic mass is 35.5. The second-order valence-corrected chi connectivity index (χ2v) is 9.47. The molecular weight excluding hydrogens is 435 g/mol. The number of carboxylic acids is 1. The molecule has 0 aliphatic heterocycles. The summed E-state index contributed by atoms with van der Waals surface area (Å²) in [4.78, 5) is 13.8. The lowest BCUT2D eigenvalue weighted by Crippen LogP contribution is -2.42. The lowest BCUT2D eigenvalue weighted by atomic mass is 9.91. The fraction of sp³-hybridized carbons (Fsp3) is 0.458. The number of nitrogens with one attached hydrogen (secondary N) is 1. The first kappa shape index (κ1) is 23.7. The highest BCUT2D eigenvalue weighted by molar-refractivity contribution is 6.36. The van der Waals surface area contributed by atoms with Gasteiger partial charge in [0.2, 0.25) is 0 Å². The summed E-state index contributed by atoms with van der Waals surface area (Å²) in [5, 5.41) is 14.0. The second kappa shape index (κ2) is 10.1. The molecule has 7 heteroatoms. The third kappa shape index (κ3) is 6.28. The van der Waals surface area contributed by atoms with Gasteiger partial charge in [-0.25, -0.2) is 4.79 Å². The molecule has 2 aromatic rings. The highest BCUT2D eigenvalue weighted by Gasteiger charge is 2.30. The summed E-state index contributed by atoms with van der Waals surface area (Å²) in [6, 6.07) is 12.0. The van der Waals surface area contributed by atoms with E-state index in [1.165, 1.54) is 24.8 Å². The van der Waals surface area contributed by atoms with E-state index in [0.29, 0.717) is 21.8 Å². The zero-order valence-electron chi connectivity index (χ0n) is 18.3. The third-order valence-electron chi connectivity index (χ3n) is 5.74. The number of halogens is 2. The molecule has 1 saturated carbocycles. The van der Waals surface area contributed by atoms with Gasteiger partial charge < -0.3 is 15.2 Å². The normalized spacial score (nSPS) is 14.4. The van der Waals surface area contributed by atoms with E-state index in [2.05, 4.69) is 16.3 Å². The van der Waals surface area contributed by atoms with Crippen LogP contribution in [-0.2, 0) is 11.3 Å². The number of hydrogen-bond donors (Lipinski definition) is 2. The van der Waals surface area contributed by atoms with Crippen molar-refractivity contribution in [1.82, 2.24) is 4.90 Å². The SMILES string of the molecule is Cc1cc(CN(CCNc2ccc(Cl)cc2Cl)C2CCC2)ccc1OC(C)(C)C(=O)O. The van der Waals surface area contributed by atoms with Crippen LogP contribution in [0.4, 0.5) is 5.69 Å². The largest absolute Gasteiger partial charge is 0.478 e. The Kier molecular flexibility index (Phi) is 7.73. The highest BCUT2D eigenvalue weighted by Crippen LogP contribution is 2.29. The third-order valence-corrected chi connectivity index (χ3v) is 6.29. The van der Waals surface area contributed by atoms with Crippen molar-refractivity contribution < 1.29 is 14.6 Å². The van der Waals surface area contributed by atoms with Gasteiger partial charge in [0, 0.05) is 30.7 Å². The molecule has 1 aliphatic rings. The number of hydrogen-bond acceptors (Lipinski definition) is 4. The van der Waals surface area contributed by atoms with Crippen LogP contribution >= 0.6 is 23.2 Å². The van der Waals surface area contributed by atoms with E-state index in [1.54, 1.807) is 19.9 Å². The van der Waals surface area contributed by atoms with Crippen molar-refractivity contribution in [1.29, 1.82) is 0 Å². The van der Waals surface area contributed by atoms with Crippen LogP contribution in [0, 0.1) is 6.92 Å². The summed E-state index contributed by atoms with van der Waals surface area (Å²) < 4.78 is 5.72. The van der Waals surface area contributed by atoms with Gasteiger partial charge in [0.25, 0.3) is 0 Å². The van der Waals surface area contributed by atoms with Gasteiger partial charge in [-0.15, -0.1) is 0 Å². The van der Waals surface area contributed by atoms with Crippen molar-refractivity contribution >= 4 is 34.9 Å². The summed E-state index contributed by atoms with van der Waals surface area (Å²) in [6.45, 7) is 7.58. The Morgan fingerprint density at radius 1 is 1.23 bits per heavy atom. The van der Waals surface area contributed by atoms with Crippen molar-refractivity contribution in [2.75, 3.05) is 18.4 Å². The maximum Gasteiger partial charge on any atom is 0.347 e. The van der Waals surface area contributed by atoms with E-state index >= 15 is 0 Å². The quantitative estimate of drug-likeness (QED) is 0.450. The number of benzene rings is 2. The van der Waals surface area contributed by atoms with Crippen molar-refractivity contribution in [2.45, 2.75) is 58.2 Å². The first-order valence-electron chi connectivity index (χ1n) is 10.6. The predicted molar refractivity (Wildman–Crippen MR) is 127 cm³/mol. The van der Waals surface area contributed by atoms with Crippen LogP contribution in [0.15, 0.2) is 36.4 Å². The lowest BCUT2D eigenvalue weighted by Gasteiger charge is -2.38. The fourth-order valence-electron chi connectivity index (χ4n) is 3.59. The number of ether oxygens (including phenoxy) is 1. The maximum absolute atomic E-state index is 11.4. The Hall–Kier alpha value is -1.95. The van der Waals surface area contributed by atoms with Gasteiger partial charge in [0.05, 0.1) is 10.7 Å². The first-order valence-corrected chi connectivity index (χ1v) is 11.4. The minimum Gasteiger partial charge on any atom is -0.478 e. The summed E-state index contributed by atoms with van der Waals surface area (Å²) in [7, 11) is 0. The number of carboxylic acid groups (broad SMARTS) is 1. The van der Waals surface area contributed by atoms with E-state index in [0.717, 1.165) is 30.9 Å². The van der Waals surface area contributed by atoms with E-state index in [4.69, 9.17) is 27.9 Å². The standard InChI is InChI=1S/C24H30Cl2N2O3/c1-16-13-17(7-10-22(16)31-24(2,3)23(29)30)15-28(19-5-4-6-19)12-11-27-21-9-8-18(25)14-20(21)26/h7-10,13-14,19,27H,4-6,11-12,15H2,1-3H3,(H,29,30). The summed E-state index contributed by atoms with van der Waals surface area (Å²) >= 11 is 12.2. The zero-order chi connectivity index (χ0) is 22.6. The van der Waals surface area contributed by atoms with Gasteiger partial charge in [0.1, 0.15) is 5.75 Å². The average Bonchev–Trinajstić information content (AvgIpc) is 2.64. The molecule has 0 saturated heterocycles. The molecule has 1 fully saturated rings. The van der Waals surface area contributed by atoms with E-state index in [9.17, 15) is 9.90 Å². The zero-order valence-corrected chi connectivity index (χ0v) is 19.8. The van der Waals surface area contributed by atoms with E-state index in [1.807, 2.05) is 31.2 Å². The number of aryl methyl sites for hydroxylation is 1. The van der Waals surface area contributed by atoms with Crippen LogP contribution < -0.4 is 10.1 Å². The molecule has 0 amide bonds. The van der Waals surface area contributed by atoms with Gasteiger partial charge in [0.15, 0.2) is 5.60 Å². The lowest BCUT2D eigenvalue weighted by molar-refractivity contribution is -0.152. The van der Waals surface area contributed by atoms with Crippen molar-refractivity contribution in [2.24, 2.45) is 0 Å². The number of anilines is 1. The molecule has 0 unspecified atom stereocenters. The number of aliphatic carboxylic acids is 1. The molecule has 1 aliphatic carbocycles. The molecular formula is C24H30Cl2N2O3. The molecule has 168 valence electrons. The Morgan fingerprint density at radius 3 is 2.55 bits per heavy atom. The van der Waals surface area contributed by atoms with Gasteiger partial charge in [-0.2, -0.15) is 0 Å². The minimum atomic E-state index is -1.27. The van der Waals surface area contributed by atoms with Gasteiger partial charge in [-0.05, 0) is 69.0 Å². The molecule has 2 N–H and O–H groups in total. The molecule has 0 radical (unpaired) electrons. The summed E-state index contributed by atoms with van der Waals surface area (Å²) in [5.41, 5.74) is 1.75. The smallest absolute Gasteiger partial charge is 0.347 e. The molecule has 31 heavy (non-hydrogen) atoms. The van der Waals surface area contributed by atoms with E-state index in [-0.39, 0.29) is 0 Å². The van der Waals surface area contributed by atoms with Crippen LogP contribution in [0.3, 0.4) is 0 Å². The van der Waals surface area contributed by atoms with E-state index < -0.39 is 11.6 Å². The van der Waals surface area contributed by atoms with Crippen LogP contribution in [0.5, 0.6) is 5.75 Å². The molecule has 5 nitrogen and oxygen atoms in total. The van der Waals surface area contributed by atoms with Crippen LogP contribution in [0.25, 0.3) is 0 Å². The molecule has 0 atom stereocenters. The number of rotatable bonds is 10. The minimum absolute atomic E-state index is 0.588. The Bertz CT molecular complexity index is 929. The van der Waals surface area contributed by atoms with Crippen molar-refractivity contribution in [3.8, 4) is 5.75 Å². The molecule has 0 bridgehead atoms. The Morgan fingerprint density at radius 2 is 1.97 bits per heavy atom. The Balaban J connectivity index is 1.63. The van der Waals surface area contributed by atoms with Crippen molar-refractivity contribution in [3.05, 3.63) is 57.6 Å². The molecule has 0 spiro atoms. The van der Waals surface area contributed by atoms with Crippen LogP contribution in [-0.4, -0.2) is 40.7 Å². The van der Waals surface area contributed by atoms with Crippen molar-refractivity contribution in [3.63, 3.8) is 0 Å². The Labute approximate surface area is 194 Å². The fourth-order valence-corrected chi connectivity index (χ4v) is 4.06. The van der Waals surface area contributed by atoms with Gasteiger partial charge in [-0.1, -0.05) is 41.8 Å². The van der Waals surface area contributed by atoms with Gasteiger partial charge in [-0.3, -0.25) is 4.90 Å². The predicted octanol–water partition coefficient (Wildman–Crippen LogP) is 6.01. The first-order chi connectivity index (χ1) is 14.7. The number of carbonyl (C=O) groups is 1. The average molecular weight is 465 g/mol. The maximum atomic E-state index is 11.4. The van der Waals surface area contributed by atoms with Crippen LogP contribution in [0.2, 0.25) is 10.0 Å². The van der Waals surface area contributed by atoms with Crippen LogP contribution in [0.1, 0.15) is 44.2 Å². The molecule has 2 aromatic carbocycles. The molecule has 3 rings (SSSR count).